The quantitative estimate of drug-likeness (QED) is 0.653. The van der Waals surface area contributed by atoms with Gasteiger partial charge in [-0.2, -0.15) is 0 Å². The summed E-state index contributed by atoms with van der Waals surface area (Å²) in [5, 5.41) is 2.69. The Balaban J connectivity index is 1.86. The highest BCUT2D eigenvalue weighted by Gasteiger charge is 2.05. The Bertz CT molecular complexity index is 634. The number of hydrogen-bond acceptors (Lipinski definition) is 4. The number of Topliss-reactive ketones (excluding diaryl/α,β-unsaturated/α-hetero) is 1. The Hall–Kier alpha value is -2.82. The van der Waals surface area contributed by atoms with E-state index in [1.807, 2.05) is 0 Å². The summed E-state index contributed by atoms with van der Waals surface area (Å²) in [6.45, 7) is 1.40. The zero-order valence-corrected chi connectivity index (χ0v) is 11.6. The fraction of sp³-hybridized carbons (Fsp3) is 0.125. The van der Waals surface area contributed by atoms with Crippen molar-refractivity contribution < 1.29 is 14.3 Å². The van der Waals surface area contributed by atoms with Crippen LogP contribution in [0.15, 0.2) is 48.5 Å². The van der Waals surface area contributed by atoms with Crippen molar-refractivity contribution in [2.24, 2.45) is 0 Å². The van der Waals surface area contributed by atoms with Gasteiger partial charge in [0.15, 0.2) is 12.4 Å². The predicted molar refractivity (Wildman–Crippen MR) is 81.4 cm³/mol. The zero-order chi connectivity index (χ0) is 15.2. The maximum atomic E-state index is 11.7. The first-order valence-electron chi connectivity index (χ1n) is 6.44. The number of anilines is 2. The lowest BCUT2D eigenvalue weighted by atomic mass is 10.1. The molecule has 0 aromatic heterocycles. The first kappa shape index (κ1) is 14.6. The Labute approximate surface area is 122 Å². The SMILES string of the molecule is CC(=O)c1ccc(NC(=O)COc2ccc(N)cc2)cc1. The van der Waals surface area contributed by atoms with E-state index in [1.165, 1.54) is 6.92 Å². The first-order chi connectivity index (χ1) is 10.0. The van der Waals surface area contributed by atoms with E-state index < -0.39 is 0 Å². The summed E-state index contributed by atoms with van der Waals surface area (Å²) in [5.41, 5.74) is 7.42. The number of benzene rings is 2. The molecule has 0 heterocycles. The van der Waals surface area contributed by atoms with Gasteiger partial charge in [0.1, 0.15) is 5.75 Å². The molecule has 0 bridgehead atoms. The van der Waals surface area contributed by atoms with Crippen LogP contribution in [0.25, 0.3) is 0 Å². The molecule has 3 N–H and O–H groups in total. The van der Waals surface area contributed by atoms with E-state index in [-0.39, 0.29) is 18.3 Å². The number of hydrogen-bond donors (Lipinski definition) is 2. The summed E-state index contributed by atoms with van der Waals surface area (Å²) < 4.78 is 5.34. The van der Waals surface area contributed by atoms with Crippen LogP contribution in [0, 0.1) is 0 Å². The third-order valence-electron chi connectivity index (χ3n) is 2.83. The van der Waals surface area contributed by atoms with Crippen LogP contribution in [-0.2, 0) is 4.79 Å². The van der Waals surface area contributed by atoms with Gasteiger partial charge in [0, 0.05) is 16.9 Å². The van der Waals surface area contributed by atoms with Gasteiger partial charge in [-0.1, -0.05) is 0 Å². The molecule has 0 aliphatic rings. The summed E-state index contributed by atoms with van der Waals surface area (Å²) in [5.74, 6) is 0.285. The molecule has 0 saturated carbocycles. The highest BCUT2D eigenvalue weighted by molar-refractivity contribution is 5.95. The van der Waals surface area contributed by atoms with Crippen molar-refractivity contribution in [1.82, 2.24) is 0 Å². The normalized spacial score (nSPS) is 9.95. The van der Waals surface area contributed by atoms with E-state index in [4.69, 9.17) is 10.5 Å². The fourth-order valence-corrected chi connectivity index (χ4v) is 1.70. The summed E-state index contributed by atoms with van der Waals surface area (Å²) in [4.78, 5) is 22.9. The van der Waals surface area contributed by atoms with Gasteiger partial charge in [-0.05, 0) is 55.5 Å². The Morgan fingerprint density at radius 1 is 1.05 bits per heavy atom. The van der Waals surface area contributed by atoms with Crippen molar-refractivity contribution in [3.8, 4) is 5.75 Å². The van der Waals surface area contributed by atoms with Crippen molar-refractivity contribution in [2.75, 3.05) is 17.7 Å². The molecule has 5 nitrogen and oxygen atoms in total. The van der Waals surface area contributed by atoms with Crippen molar-refractivity contribution in [2.45, 2.75) is 6.92 Å². The minimum absolute atomic E-state index is 0.0143. The smallest absolute Gasteiger partial charge is 0.262 e. The molecule has 2 aromatic carbocycles. The molecule has 2 rings (SSSR count). The molecule has 5 heteroatoms. The molecule has 0 unspecified atom stereocenters. The number of carbonyl (C=O) groups is 2. The summed E-state index contributed by atoms with van der Waals surface area (Å²) >= 11 is 0. The number of amides is 1. The molecular weight excluding hydrogens is 268 g/mol. The molecule has 0 fully saturated rings. The average molecular weight is 284 g/mol. The maximum absolute atomic E-state index is 11.7. The molecule has 21 heavy (non-hydrogen) atoms. The van der Waals surface area contributed by atoms with Crippen LogP contribution in [0.1, 0.15) is 17.3 Å². The lowest BCUT2D eigenvalue weighted by Gasteiger charge is -2.08. The monoisotopic (exact) mass is 284 g/mol. The Morgan fingerprint density at radius 3 is 2.24 bits per heavy atom. The molecule has 0 spiro atoms. The van der Waals surface area contributed by atoms with Gasteiger partial charge >= 0.3 is 0 Å². The molecule has 0 atom stereocenters. The Morgan fingerprint density at radius 2 is 1.67 bits per heavy atom. The summed E-state index contributed by atoms with van der Waals surface area (Å²) in [6, 6.07) is 13.5. The van der Waals surface area contributed by atoms with Gasteiger partial charge in [0.2, 0.25) is 0 Å². The van der Waals surface area contributed by atoms with Crippen LogP contribution in [-0.4, -0.2) is 18.3 Å². The van der Waals surface area contributed by atoms with E-state index in [0.29, 0.717) is 22.7 Å². The number of nitrogens with one attached hydrogen (secondary N) is 1. The molecule has 0 saturated heterocycles. The molecule has 2 aromatic rings. The number of nitrogens with two attached hydrogens (primary N) is 1. The minimum Gasteiger partial charge on any atom is -0.484 e. The van der Waals surface area contributed by atoms with E-state index in [2.05, 4.69) is 5.32 Å². The topological polar surface area (TPSA) is 81.4 Å². The first-order valence-corrected chi connectivity index (χ1v) is 6.44. The second kappa shape index (κ2) is 6.56. The third-order valence-corrected chi connectivity index (χ3v) is 2.83. The molecule has 108 valence electrons. The van der Waals surface area contributed by atoms with Crippen LogP contribution in [0.5, 0.6) is 5.75 Å². The standard InChI is InChI=1S/C16H16N2O3/c1-11(19)12-2-6-14(7-3-12)18-16(20)10-21-15-8-4-13(17)5-9-15/h2-9H,10,17H2,1H3,(H,18,20). The lowest BCUT2D eigenvalue weighted by Crippen LogP contribution is -2.20. The summed E-state index contributed by atoms with van der Waals surface area (Å²) in [7, 11) is 0. The van der Waals surface area contributed by atoms with E-state index >= 15 is 0 Å². The second-order valence-corrected chi connectivity index (χ2v) is 4.54. The number of rotatable bonds is 5. The number of ketones is 1. The van der Waals surface area contributed by atoms with E-state index in [0.717, 1.165) is 0 Å². The van der Waals surface area contributed by atoms with Gasteiger partial charge in [-0.25, -0.2) is 0 Å². The highest BCUT2D eigenvalue weighted by atomic mass is 16.5. The van der Waals surface area contributed by atoms with Gasteiger partial charge < -0.3 is 15.8 Å². The number of ether oxygens (including phenoxy) is 1. The molecule has 0 aliphatic heterocycles. The van der Waals surface area contributed by atoms with Crippen molar-refractivity contribution in [1.29, 1.82) is 0 Å². The fourth-order valence-electron chi connectivity index (χ4n) is 1.70. The maximum Gasteiger partial charge on any atom is 0.262 e. The third kappa shape index (κ3) is 4.35. The number of nitrogen functional groups attached to an aromatic ring is 1. The average Bonchev–Trinajstić information content (AvgIpc) is 2.47. The minimum atomic E-state index is -0.276. The largest absolute Gasteiger partial charge is 0.484 e. The van der Waals surface area contributed by atoms with Crippen LogP contribution in [0.2, 0.25) is 0 Å². The van der Waals surface area contributed by atoms with Crippen LogP contribution in [0.4, 0.5) is 11.4 Å². The lowest BCUT2D eigenvalue weighted by molar-refractivity contribution is -0.118. The van der Waals surface area contributed by atoms with E-state index in [9.17, 15) is 9.59 Å². The predicted octanol–water partition coefficient (Wildman–Crippen LogP) is 2.49. The van der Waals surface area contributed by atoms with Gasteiger partial charge in [0.05, 0.1) is 0 Å². The van der Waals surface area contributed by atoms with E-state index in [1.54, 1.807) is 48.5 Å². The molecule has 0 aliphatic carbocycles. The van der Waals surface area contributed by atoms with Gasteiger partial charge in [-0.15, -0.1) is 0 Å². The summed E-state index contributed by atoms with van der Waals surface area (Å²) in [6.07, 6.45) is 0. The highest BCUT2D eigenvalue weighted by Crippen LogP contribution is 2.13. The number of carbonyl (C=O) groups excluding carboxylic acids is 2. The van der Waals surface area contributed by atoms with Gasteiger partial charge in [-0.3, -0.25) is 9.59 Å². The van der Waals surface area contributed by atoms with Crippen molar-refractivity contribution in [3.63, 3.8) is 0 Å². The molecule has 0 radical (unpaired) electrons. The van der Waals surface area contributed by atoms with Crippen LogP contribution in [0.3, 0.4) is 0 Å². The molecular formula is C16H16N2O3. The zero-order valence-electron chi connectivity index (χ0n) is 11.6. The van der Waals surface area contributed by atoms with Gasteiger partial charge in [0.25, 0.3) is 5.91 Å². The van der Waals surface area contributed by atoms with Crippen molar-refractivity contribution in [3.05, 3.63) is 54.1 Å². The second-order valence-electron chi connectivity index (χ2n) is 4.54. The Kier molecular flexibility index (Phi) is 4.56. The molecule has 1 amide bonds. The van der Waals surface area contributed by atoms with Crippen molar-refractivity contribution >= 4 is 23.1 Å². The van der Waals surface area contributed by atoms with Crippen LogP contribution < -0.4 is 15.8 Å². The van der Waals surface area contributed by atoms with Crippen LogP contribution >= 0.6 is 0 Å².